The molecule has 2 atom stereocenters. The van der Waals surface area contributed by atoms with Gasteiger partial charge in [0, 0.05) is 36.7 Å². The highest BCUT2D eigenvalue weighted by Crippen LogP contribution is 2.27. The molecular formula is C14H22N2S. The van der Waals surface area contributed by atoms with Gasteiger partial charge in [-0.15, -0.1) is 0 Å². The third-order valence-corrected chi connectivity index (χ3v) is 4.69. The lowest BCUT2D eigenvalue weighted by Gasteiger charge is -2.39. The molecule has 0 radical (unpaired) electrons. The van der Waals surface area contributed by atoms with E-state index < -0.39 is 0 Å². The van der Waals surface area contributed by atoms with Crippen LogP contribution in [0.1, 0.15) is 24.1 Å². The summed E-state index contributed by atoms with van der Waals surface area (Å²) in [5.74, 6) is 2.45. The van der Waals surface area contributed by atoms with Gasteiger partial charge in [-0.25, -0.2) is 0 Å². The minimum atomic E-state index is 0.381. The highest BCUT2D eigenvalue weighted by atomic mass is 32.2. The summed E-state index contributed by atoms with van der Waals surface area (Å²) in [5.41, 5.74) is 8.66. The molecule has 0 amide bonds. The lowest BCUT2D eigenvalue weighted by molar-refractivity contribution is 0.166. The molecule has 94 valence electrons. The standard InChI is InChI=1S/C14H22N2S/c1-11-3-5-13(6-4-11)14(9-15)16-7-8-17-10-12(16)2/h3-6,12,14H,7-10,15H2,1-2H3. The highest BCUT2D eigenvalue weighted by Gasteiger charge is 2.26. The van der Waals surface area contributed by atoms with Crippen molar-refractivity contribution in [3.8, 4) is 0 Å². The molecule has 1 aromatic carbocycles. The Kier molecular flexibility index (Phi) is 4.48. The molecule has 2 unspecified atom stereocenters. The molecule has 0 bridgehead atoms. The van der Waals surface area contributed by atoms with E-state index in [-0.39, 0.29) is 0 Å². The second-order valence-electron chi connectivity index (χ2n) is 4.82. The van der Waals surface area contributed by atoms with Gasteiger partial charge >= 0.3 is 0 Å². The molecule has 2 N–H and O–H groups in total. The van der Waals surface area contributed by atoms with E-state index in [9.17, 15) is 0 Å². The van der Waals surface area contributed by atoms with E-state index in [0.29, 0.717) is 18.6 Å². The molecule has 2 nitrogen and oxygen atoms in total. The first-order chi connectivity index (χ1) is 8.22. The maximum absolute atomic E-state index is 5.99. The summed E-state index contributed by atoms with van der Waals surface area (Å²) in [7, 11) is 0. The Morgan fingerprint density at radius 3 is 2.71 bits per heavy atom. The average Bonchev–Trinajstić information content (AvgIpc) is 2.35. The Morgan fingerprint density at radius 1 is 1.41 bits per heavy atom. The van der Waals surface area contributed by atoms with E-state index in [4.69, 9.17) is 5.73 Å². The monoisotopic (exact) mass is 250 g/mol. The highest BCUT2D eigenvalue weighted by molar-refractivity contribution is 7.99. The van der Waals surface area contributed by atoms with Crippen molar-refractivity contribution in [1.29, 1.82) is 0 Å². The molecule has 1 aromatic rings. The molecule has 1 fully saturated rings. The maximum atomic E-state index is 5.99. The van der Waals surface area contributed by atoms with Crippen LogP contribution in [0.25, 0.3) is 0 Å². The van der Waals surface area contributed by atoms with Gasteiger partial charge in [-0.3, -0.25) is 4.90 Å². The van der Waals surface area contributed by atoms with Gasteiger partial charge in [0.15, 0.2) is 0 Å². The largest absolute Gasteiger partial charge is 0.329 e. The summed E-state index contributed by atoms with van der Waals surface area (Å²) in [6.07, 6.45) is 0. The Hall–Kier alpha value is -0.510. The molecule has 1 heterocycles. The van der Waals surface area contributed by atoms with Gasteiger partial charge in [-0.05, 0) is 19.4 Å². The van der Waals surface area contributed by atoms with Crippen molar-refractivity contribution < 1.29 is 0 Å². The Labute approximate surface area is 109 Å². The first-order valence-electron chi connectivity index (χ1n) is 6.32. The van der Waals surface area contributed by atoms with Crippen molar-refractivity contribution in [2.45, 2.75) is 25.9 Å². The van der Waals surface area contributed by atoms with Gasteiger partial charge in [-0.1, -0.05) is 29.8 Å². The first-order valence-corrected chi connectivity index (χ1v) is 7.48. The SMILES string of the molecule is Cc1ccc(C(CN)N2CCSCC2C)cc1. The topological polar surface area (TPSA) is 29.3 Å². The van der Waals surface area contributed by atoms with Crippen LogP contribution in [-0.2, 0) is 0 Å². The van der Waals surface area contributed by atoms with Gasteiger partial charge in [-0.2, -0.15) is 11.8 Å². The molecule has 0 spiro atoms. The molecule has 1 aliphatic rings. The second kappa shape index (κ2) is 5.89. The third kappa shape index (κ3) is 3.03. The molecule has 0 aliphatic carbocycles. The number of rotatable bonds is 3. The van der Waals surface area contributed by atoms with Gasteiger partial charge in [0.1, 0.15) is 0 Å². The number of nitrogens with zero attached hydrogens (tertiary/aromatic N) is 1. The van der Waals surface area contributed by atoms with Gasteiger partial charge in [0.25, 0.3) is 0 Å². The summed E-state index contributed by atoms with van der Waals surface area (Å²) in [6.45, 7) is 6.30. The van der Waals surface area contributed by atoms with Crippen LogP contribution in [-0.4, -0.2) is 35.5 Å². The summed E-state index contributed by atoms with van der Waals surface area (Å²) in [5, 5.41) is 0. The van der Waals surface area contributed by atoms with Crippen LogP contribution in [0.2, 0.25) is 0 Å². The zero-order valence-corrected chi connectivity index (χ0v) is 11.5. The fourth-order valence-electron chi connectivity index (χ4n) is 2.45. The number of hydrogen-bond donors (Lipinski definition) is 1. The number of thioether (sulfide) groups is 1. The molecular weight excluding hydrogens is 228 g/mol. The van der Waals surface area contributed by atoms with Crippen LogP contribution in [0, 0.1) is 6.92 Å². The van der Waals surface area contributed by atoms with Crippen LogP contribution in [0.15, 0.2) is 24.3 Å². The van der Waals surface area contributed by atoms with Gasteiger partial charge in [0.2, 0.25) is 0 Å². The molecule has 2 rings (SSSR count). The molecule has 1 aliphatic heterocycles. The zero-order valence-electron chi connectivity index (χ0n) is 10.7. The van der Waals surface area contributed by atoms with Crippen molar-refractivity contribution in [3.05, 3.63) is 35.4 Å². The smallest absolute Gasteiger partial charge is 0.0473 e. The summed E-state index contributed by atoms with van der Waals surface area (Å²) < 4.78 is 0. The number of benzene rings is 1. The first kappa shape index (κ1) is 12.9. The summed E-state index contributed by atoms with van der Waals surface area (Å²) >= 11 is 2.05. The second-order valence-corrected chi connectivity index (χ2v) is 5.97. The van der Waals surface area contributed by atoms with Gasteiger partial charge < -0.3 is 5.73 Å². The predicted molar refractivity (Wildman–Crippen MR) is 76.5 cm³/mol. The minimum Gasteiger partial charge on any atom is -0.329 e. The fourth-order valence-corrected chi connectivity index (χ4v) is 3.49. The molecule has 0 saturated carbocycles. The summed E-state index contributed by atoms with van der Waals surface area (Å²) in [6, 6.07) is 9.82. The number of aryl methyl sites for hydroxylation is 1. The van der Waals surface area contributed by atoms with Crippen LogP contribution in [0.5, 0.6) is 0 Å². The third-order valence-electron chi connectivity index (χ3n) is 3.50. The maximum Gasteiger partial charge on any atom is 0.0473 e. The lowest BCUT2D eigenvalue weighted by atomic mass is 10.0. The van der Waals surface area contributed by atoms with Crippen LogP contribution in [0.3, 0.4) is 0 Å². The Balaban J connectivity index is 2.17. The van der Waals surface area contributed by atoms with Crippen molar-refractivity contribution in [2.75, 3.05) is 24.6 Å². The van der Waals surface area contributed by atoms with Crippen LogP contribution < -0.4 is 5.73 Å². The minimum absolute atomic E-state index is 0.381. The Morgan fingerprint density at radius 2 is 2.12 bits per heavy atom. The average molecular weight is 250 g/mol. The Bertz CT molecular complexity index is 350. The molecule has 0 aromatic heterocycles. The summed E-state index contributed by atoms with van der Waals surface area (Å²) in [4.78, 5) is 2.56. The van der Waals surface area contributed by atoms with E-state index in [2.05, 4.69) is 43.0 Å². The molecule has 3 heteroatoms. The fraction of sp³-hybridized carbons (Fsp3) is 0.571. The van der Waals surface area contributed by atoms with Crippen LogP contribution >= 0.6 is 11.8 Å². The van der Waals surface area contributed by atoms with E-state index in [1.807, 2.05) is 11.8 Å². The molecule has 1 saturated heterocycles. The van der Waals surface area contributed by atoms with Crippen molar-refractivity contribution >= 4 is 11.8 Å². The number of nitrogens with two attached hydrogens (primary N) is 1. The number of hydrogen-bond acceptors (Lipinski definition) is 3. The van der Waals surface area contributed by atoms with Gasteiger partial charge in [0.05, 0.1) is 0 Å². The van der Waals surface area contributed by atoms with E-state index in [1.165, 1.54) is 22.6 Å². The normalized spacial score (nSPS) is 23.6. The van der Waals surface area contributed by atoms with Crippen molar-refractivity contribution in [1.82, 2.24) is 4.90 Å². The zero-order chi connectivity index (χ0) is 12.3. The van der Waals surface area contributed by atoms with E-state index in [1.54, 1.807) is 0 Å². The van der Waals surface area contributed by atoms with Crippen LogP contribution in [0.4, 0.5) is 0 Å². The molecule has 17 heavy (non-hydrogen) atoms. The predicted octanol–water partition coefficient (Wildman–Crippen LogP) is 2.43. The van der Waals surface area contributed by atoms with E-state index in [0.717, 1.165) is 6.54 Å². The quantitative estimate of drug-likeness (QED) is 0.893. The van der Waals surface area contributed by atoms with Crippen molar-refractivity contribution in [3.63, 3.8) is 0 Å². The lowest BCUT2D eigenvalue weighted by Crippen LogP contribution is -2.45. The van der Waals surface area contributed by atoms with Crippen molar-refractivity contribution in [2.24, 2.45) is 5.73 Å². The van der Waals surface area contributed by atoms with E-state index >= 15 is 0 Å².